The van der Waals surface area contributed by atoms with Crippen molar-refractivity contribution in [2.45, 2.75) is 19.5 Å². The van der Waals surface area contributed by atoms with Crippen molar-refractivity contribution < 1.29 is 14.2 Å². The lowest BCUT2D eigenvalue weighted by molar-refractivity contribution is 0.171. The van der Waals surface area contributed by atoms with E-state index in [2.05, 4.69) is 44.8 Å². The summed E-state index contributed by atoms with van der Waals surface area (Å²) in [5, 5.41) is 6.70. The first kappa shape index (κ1) is 21.3. The van der Waals surface area contributed by atoms with Crippen LogP contribution in [0.15, 0.2) is 48.5 Å². The Labute approximate surface area is 197 Å². The van der Waals surface area contributed by atoms with Gasteiger partial charge >= 0.3 is 0 Å². The highest BCUT2D eigenvalue weighted by atomic mass is 32.1. The second-order valence-corrected chi connectivity index (χ2v) is 8.23. The third-order valence-electron chi connectivity index (χ3n) is 5.64. The molecule has 0 amide bonds. The molecule has 3 aromatic rings. The number of hydrogen-bond donors (Lipinski definition) is 2. The standard InChI is InChI=1S/C24H25N5O3S/c1-30-22-13-21(29-9-8-17-4-2-3-5-18(17)15-29)26-23(27-22)28-24(33)25-14-16-6-7-19-20(12-16)32-11-10-31-19/h2-7,12-13H,8-11,14-15H2,1H3,(H2,25,26,27,28,33). The van der Waals surface area contributed by atoms with Crippen LogP contribution in [0, 0.1) is 0 Å². The maximum Gasteiger partial charge on any atom is 0.234 e. The monoisotopic (exact) mass is 463 g/mol. The predicted octanol–water partition coefficient (Wildman–Crippen LogP) is 3.31. The number of rotatable bonds is 5. The Morgan fingerprint density at radius 2 is 1.88 bits per heavy atom. The van der Waals surface area contributed by atoms with Crippen LogP contribution < -0.4 is 29.7 Å². The molecule has 2 N–H and O–H groups in total. The fourth-order valence-electron chi connectivity index (χ4n) is 3.95. The molecule has 3 heterocycles. The molecule has 0 bridgehead atoms. The molecule has 2 aliphatic rings. The maximum absolute atomic E-state index is 5.65. The number of methoxy groups -OCH3 is 1. The molecule has 0 atom stereocenters. The van der Waals surface area contributed by atoms with Gasteiger partial charge in [-0.25, -0.2) is 0 Å². The van der Waals surface area contributed by atoms with E-state index in [4.69, 9.17) is 31.4 Å². The summed E-state index contributed by atoms with van der Waals surface area (Å²) in [5.41, 5.74) is 3.73. The molecule has 170 valence electrons. The van der Waals surface area contributed by atoms with E-state index in [0.717, 1.165) is 42.4 Å². The van der Waals surface area contributed by atoms with Gasteiger partial charge in [0.2, 0.25) is 11.8 Å². The largest absolute Gasteiger partial charge is 0.486 e. The topological polar surface area (TPSA) is 80.8 Å². The first-order valence-corrected chi connectivity index (χ1v) is 11.3. The van der Waals surface area contributed by atoms with Crippen molar-refractivity contribution in [3.8, 4) is 17.4 Å². The van der Waals surface area contributed by atoms with Gasteiger partial charge < -0.3 is 29.7 Å². The average Bonchev–Trinajstić information content (AvgIpc) is 2.86. The van der Waals surface area contributed by atoms with Gasteiger partial charge in [-0.05, 0) is 47.5 Å². The SMILES string of the molecule is COc1cc(N2CCc3ccccc3C2)nc(NC(=S)NCc2ccc3c(c2)OCCO3)n1. The van der Waals surface area contributed by atoms with Gasteiger partial charge in [0.1, 0.15) is 19.0 Å². The minimum absolute atomic E-state index is 0.392. The van der Waals surface area contributed by atoms with Crippen LogP contribution in [-0.2, 0) is 19.5 Å². The highest BCUT2D eigenvalue weighted by Crippen LogP contribution is 2.30. The summed E-state index contributed by atoms with van der Waals surface area (Å²) < 4.78 is 16.6. The second-order valence-electron chi connectivity index (χ2n) is 7.82. The van der Waals surface area contributed by atoms with Crippen LogP contribution in [0.25, 0.3) is 0 Å². The van der Waals surface area contributed by atoms with Crippen molar-refractivity contribution in [2.24, 2.45) is 0 Å². The minimum Gasteiger partial charge on any atom is -0.486 e. The van der Waals surface area contributed by atoms with Crippen molar-refractivity contribution in [1.29, 1.82) is 0 Å². The lowest BCUT2D eigenvalue weighted by atomic mass is 10.00. The molecule has 2 aliphatic heterocycles. The lowest BCUT2D eigenvalue weighted by Crippen LogP contribution is -2.32. The average molecular weight is 464 g/mol. The predicted molar refractivity (Wildman–Crippen MR) is 130 cm³/mol. The number of hydrogen-bond acceptors (Lipinski definition) is 7. The summed E-state index contributed by atoms with van der Waals surface area (Å²) >= 11 is 5.47. The van der Waals surface area contributed by atoms with Crippen molar-refractivity contribution in [1.82, 2.24) is 15.3 Å². The van der Waals surface area contributed by atoms with Crippen molar-refractivity contribution in [2.75, 3.05) is 37.1 Å². The van der Waals surface area contributed by atoms with Crippen molar-refractivity contribution in [3.63, 3.8) is 0 Å². The van der Waals surface area contributed by atoms with Gasteiger partial charge in [-0.1, -0.05) is 30.3 Å². The molecule has 0 radical (unpaired) electrons. The van der Waals surface area contributed by atoms with Crippen molar-refractivity contribution >= 4 is 29.1 Å². The van der Waals surface area contributed by atoms with E-state index in [1.54, 1.807) is 7.11 Å². The number of thiocarbonyl (C=S) groups is 1. The number of fused-ring (bicyclic) bond motifs is 2. The Balaban J connectivity index is 1.25. The van der Waals surface area contributed by atoms with E-state index < -0.39 is 0 Å². The fraction of sp³-hybridized carbons (Fsp3) is 0.292. The van der Waals surface area contributed by atoms with Crippen LogP contribution in [0.2, 0.25) is 0 Å². The van der Waals surface area contributed by atoms with Crippen LogP contribution in [0.1, 0.15) is 16.7 Å². The normalized spacial score (nSPS) is 14.3. The smallest absolute Gasteiger partial charge is 0.234 e. The van der Waals surface area contributed by atoms with E-state index in [0.29, 0.717) is 36.7 Å². The Hall–Kier alpha value is -3.59. The molecule has 0 saturated carbocycles. The molecule has 0 aliphatic carbocycles. The molecule has 1 aromatic heterocycles. The summed E-state index contributed by atoms with van der Waals surface area (Å²) in [4.78, 5) is 11.3. The summed E-state index contributed by atoms with van der Waals surface area (Å²) in [6, 6.07) is 16.2. The first-order chi connectivity index (χ1) is 16.2. The second kappa shape index (κ2) is 9.50. The Morgan fingerprint density at radius 3 is 2.73 bits per heavy atom. The van der Waals surface area contributed by atoms with Gasteiger partial charge in [0.25, 0.3) is 0 Å². The molecule has 0 unspecified atom stereocenters. The zero-order chi connectivity index (χ0) is 22.6. The summed E-state index contributed by atoms with van der Waals surface area (Å²) in [7, 11) is 1.60. The summed E-state index contributed by atoms with van der Waals surface area (Å²) in [5.74, 6) is 3.19. The molecule has 9 heteroatoms. The van der Waals surface area contributed by atoms with Crippen LogP contribution >= 0.6 is 12.2 Å². The zero-order valence-electron chi connectivity index (χ0n) is 18.3. The van der Waals surface area contributed by atoms with Gasteiger partial charge in [-0.15, -0.1) is 0 Å². The highest BCUT2D eigenvalue weighted by molar-refractivity contribution is 7.80. The molecule has 5 rings (SSSR count). The van der Waals surface area contributed by atoms with Crippen LogP contribution in [0.4, 0.5) is 11.8 Å². The first-order valence-electron chi connectivity index (χ1n) is 10.9. The molecular formula is C24H25N5O3S. The van der Waals surface area contributed by atoms with Crippen LogP contribution in [0.3, 0.4) is 0 Å². The van der Waals surface area contributed by atoms with Crippen LogP contribution in [-0.4, -0.2) is 41.9 Å². The zero-order valence-corrected chi connectivity index (χ0v) is 19.2. The van der Waals surface area contributed by atoms with Gasteiger partial charge in [0, 0.05) is 25.7 Å². The minimum atomic E-state index is 0.392. The lowest BCUT2D eigenvalue weighted by Gasteiger charge is -2.30. The van der Waals surface area contributed by atoms with E-state index in [1.165, 1.54) is 11.1 Å². The third kappa shape index (κ3) is 4.93. The van der Waals surface area contributed by atoms with E-state index in [-0.39, 0.29) is 0 Å². The fourth-order valence-corrected chi connectivity index (χ4v) is 4.12. The molecule has 33 heavy (non-hydrogen) atoms. The number of aromatic nitrogens is 2. The number of nitrogens with one attached hydrogen (secondary N) is 2. The molecule has 2 aromatic carbocycles. The molecule has 8 nitrogen and oxygen atoms in total. The number of nitrogens with zero attached hydrogens (tertiary/aromatic N) is 3. The van der Waals surface area contributed by atoms with Gasteiger partial charge in [0.05, 0.1) is 7.11 Å². The Bertz CT molecular complexity index is 1170. The Morgan fingerprint density at radius 1 is 1.06 bits per heavy atom. The van der Waals surface area contributed by atoms with Gasteiger partial charge in [-0.3, -0.25) is 0 Å². The molecule has 0 spiro atoms. The van der Waals surface area contributed by atoms with E-state index >= 15 is 0 Å². The molecular weight excluding hydrogens is 438 g/mol. The third-order valence-corrected chi connectivity index (χ3v) is 5.88. The number of anilines is 2. The van der Waals surface area contributed by atoms with Gasteiger partial charge in [-0.2, -0.15) is 9.97 Å². The van der Waals surface area contributed by atoms with E-state index in [1.807, 2.05) is 24.3 Å². The van der Waals surface area contributed by atoms with Crippen LogP contribution in [0.5, 0.6) is 17.4 Å². The molecule has 0 saturated heterocycles. The quantitative estimate of drug-likeness (QED) is 0.554. The maximum atomic E-state index is 5.65. The number of ether oxygens (including phenoxy) is 3. The Kier molecular flexibility index (Phi) is 6.12. The summed E-state index contributed by atoms with van der Waals surface area (Å²) in [6.07, 6.45) is 0.973. The van der Waals surface area contributed by atoms with E-state index in [9.17, 15) is 0 Å². The van der Waals surface area contributed by atoms with Crippen molar-refractivity contribution in [3.05, 3.63) is 65.2 Å². The molecule has 0 fully saturated rings. The van der Waals surface area contributed by atoms with Gasteiger partial charge in [0.15, 0.2) is 16.6 Å². The number of benzene rings is 2. The highest BCUT2D eigenvalue weighted by Gasteiger charge is 2.19. The summed E-state index contributed by atoms with van der Waals surface area (Å²) in [6.45, 7) is 3.33.